The van der Waals surface area contributed by atoms with Crippen LogP contribution in [-0.2, 0) is 14.3 Å². The van der Waals surface area contributed by atoms with Crippen LogP contribution in [0.3, 0.4) is 0 Å². The minimum Gasteiger partial charge on any atom is -0.369 e. The molecule has 0 unspecified atom stereocenters. The van der Waals surface area contributed by atoms with Crippen molar-refractivity contribution in [1.82, 2.24) is 15.1 Å². The van der Waals surface area contributed by atoms with E-state index in [9.17, 15) is 14.4 Å². The number of fused-ring (bicyclic) bond motifs is 1. The number of hydrogen-bond donors (Lipinski definition) is 1. The molecular formula is C29H44N4O4. The molecule has 0 radical (unpaired) electrons. The summed E-state index contributed by atoms with van der Waals surface area (Å²) in [4.78, 5) is 46.1. The highest BCUT2D eigenvalue weighted by molar-refractivity contribution is 5.99. The molecule has 2 amide bonds. The molecule has 3 aliphatic rings. The highest BCUT2D eigenvalue weighted by atomic mass is 16.5. The Morgan fingerprint density at radius 3 is 2.35 bits per heavy atom. The van der Waals surface area contributed by atoms with Crippen LogP contribution in [0.5, 0.6) is 0 Å². The summed E-state index contributed by atoms with van der Waals surface area (Å²) in [5.41, 5.74) is 1.46. The molecule has 0 saturated carbocycles. The molecular weight excluding hydrogens is 468 g/mol. The lowest BCUT2D eigenvalue weighted by Crippen LogP contribution is -2.53. The van der Waals surface area contributed by atoms with Crippen LogP contribution in [0.25, 0.3) is 0 Å². The number of ether oxygens (including phenoxy) is 1. The lowest BCUT2D eigenvalue weighted by Gasteiger charge is -2.36. The summed E-state index contributed by atoms with van der Waals surface area (Å²) in [5, 5.41) is 3.01. The summed E-state index contributed by atoms with van der Waals surface area (Å²) in [6.07, 6.45) is 2.26. The fourth-order valence-corrected chi connectivity index (χ4v) is 5.97. The number of hydrogen-bond acceptors (Lipinski definition) is 6. The molecule has 3 aliphatic heterocycles. The first-order chi connectivity index (χ1) is 17.6. The van der Waals surface area contributed by atoms with Gasteiger partial charge in [0.2, 0.25) is 5.91 Å². The molecule has 1 N–H and O–H groups in total. The van der Waals surface area contributed by atoms with Crippen molar-refractivity contribution in [1.29, 1.82) is 0 Å². The Morgan fingerprint density at radius 2 is 1.76 bits per heavy atom. The van der Waals surface area contributed by atoms with Crippen molar-refractivity contribution in [3.05, 3.63) is 29.8 Å². The van der Waals surface area contributed by atoms with Gasteiger partial charge in [0.25, 0.3) is 5.91 Å². The molecule has 204 valence electrons. The third-order valence-corrected chi connectivity index (χ3v) is 7.92. The number of anilines is 1. The molecule has 3 heterocycles. The van der Waals surface area contributed by atoms with E-state index in [-0.39, 0.29) is 41.6 Å². The van der Waals surface area contributed by atoms with Gasteiger partial charge in [0.1, 0.15) is 18.7 Å². The van der Waals surface area contributed by atoms with Crippen molar-refractivity contribution < 1.29 is 19.1 Å². The first-order valence-corrected chi connectivity index (χ1v) is 13.9. The zero-order valence-corrected chi connectivity index (χ0v) is 23.2. The minimum absolute atomic E-state index is 0.0405. The van der Waals surface area contributed by atoms with Gasteiger partial charge in [0, 0.05) is 49.9 Å². The number of carbonyl (C=O) groups is 3. The van der Waals surface area contributed by atoms with Crippen LogP contribution in [0, 0.1) is 11.3 Å². The van der Waals surface area contributed by atoms with Gasteiger partial charge >= 0.3 is 0 Å². The number of nitrogens with one attached hydrogen (secondary N) is 1. The highest BCUT2D eigenvalue weighted by Crippen LogP contribution is 2.35. The third-order valence-electron chi connectivity index (χ3n) is 7.92. The molecule has 37 heavy (non-hydrogen) atoms. The predicted octanol–water partition coefficient (Wildman–Crippen LogP) is 2.96. The Morgan fingerprint density at radius 1 is 1.08 bits per heavy atom. The standard InChI is InChI=1S/C29H44N4O4/c1-6-12-31-13-15-32(16-14-31)22-10-8-21(9-11-22)27(35)30-23(17-29(3,4)5)28(36)33-18-20(7-2)26-25(33)24(34)19-37-26/h8-11,20,23,25-26H,6-7,12-19H2,1-5H3,(H,30,35)/t20-,23+,25-,26-/m1/s1. The second kappa shape index (κ2) is 11.5. The molecule has 0 spiro atoms. The van der Waals surface area contributed by atoms with Gasteiger partial charge in [-0.3, -0.25) is 19.3 Å². The Labute approximate surface area is 221 Å². The number of ketones is 1. The van der Waals surface area contributed by atoms with Crippen LogP contribution in [0.2, 0.25) is 0 Å². The molecule has 8 nitrogen and oxygen atoms in total. The molecule has 4 atom stereocenters. The monoisotopic (exact) mass is 512 g/mol. The van der Waals surface area contributed by atoms with E-state index in [2.05, 4.69) is 49.7 Å². The number of amides is 2. The van der Waals surface area contributed by atoms with E-state index in [1.165, 1.54) is 6.42 Å². The third kappa shape index (κ3) is 6.34. The van der Waals surface area contributed by atoms with Crippen molar-refractivity contribution >= 4 is 23.3 Å². The fraction of sp³-hybridized carbons (Fsp3) is 0.690. The fourth-order valence-electron chi connectivity index (χ4n) is 5.97. The maximum atomic E-state index is 13.8. The van der Waals surface area contributed by atoms with Gasteiger partial charge in [-0.05, 0) is 55.5 Å². The number of nitrogens with zero attached hydrogens (tertiary/aromatic N) is 3. The van der Waals surface area contributed by atoms with Crippen LogP contribution in [-0.4, -0.2) is 91.5 Å². The van der Waals surface area contributed by atoms with Gasteiger partial charge in [-0.1, -0.05) is 34.6 Å². The van der Waals surface area contributed by atoms with Crippen LogP contribution in [0.15, 0.2) is 24.3 Å². The van der Waals surface area contributed by atoms with E-state index in [0.29, 0.717) is 18.5 Å². The Hall–Kier alpha value is -2.45. The zero-order chi connectivity index (χ0) is 26.7. The van der Waals surface area contributed by atoms with Gasteiger partial charge in [-0.15, -0.1) is 0 Å². The predicted molar refractivity (Wildman–Crippen MR) is 145 cm³/mol. The molecule has 3 fully saturated rings. The summed E-state index contributed by atoms with van der Waals surface area (Å²) in [6.45, 7) is 16.2. The lowest BCUT2D eigenvalue weighted by atomic mass is 9.87. The van der Waals surface area contributed by atoms with Crippen LogP contribution in [0.1, 0.15) is 64.2 Å². The van der Waals surface area contributed by atoms with Crippen molar-refractivity contribution in [3.63, 3.8) is 0 Å². The Bertz CT molecular complexity index is 965. The van der Waals surface area contributed by atoms with Gasteiger partial charge in [-0.25, -0.2) is 0 Å². The molecule has 3 saturated heterocycles. The molecule has 1 aromatic rings. The van der Waals surface area contributed by atoms with E-state index in [1.807, 2.05) is 24.3 Å². The Balaban J connectivity index is 1.44. The topological polar surface area (TPSA) is 82.2 Å². The second-order valence-corrected chi connectivity index (χ2v) is 12.0. The van der Waals surface area contributed by atoms with Gasteiger partial charge < -0.3 is 19.9 Å². The van der Waals surface area contributed by atoms with Crippen LogP contribution >= 0.6 is 0 Å². The smallest absolute Gasteiger partial charge is 0.251 e. The first-order valence-electron chi connectivity index (χ1n) is 13.9. The SMILES string of the molecule is CCCN1CCN(c2ccc(C(=O)N[C@@H](CC(C)(C)C)C(=O)N3C[C@@H](CC)[C@H]4OCC(=O)[C@H]43)cc2)CC1. The highest BCUT2D eigenvalue weighted by Gasteiger charge is 2.52. The summed E-state index contributed by atoms with van der Waals surface area (Å²) in [7, 11) is 0. The van der Waals surface area contributed by atoms with Crippen molar-refractivity contribution in [2.24, 2.45) is 11.3 Å². The average molecular weight is 513 g/mol. The number of benzene rings is 1. The second-order valence-electron chi connectivity index (χ2n) is 12.0. The summed E-state index contributed by atoms with van der Waals surface area (Å²) < 4.78 is 5.75. The van der Waals surface area contributed by atoms with E-state index >= 15 is 0 Å². The number of likely N-dealkylation sites (tertiary alicyclic amines) is 1. The Kier molecular flexibility index (Phi) is 8.59. The maximum absolute atomic E-state index is 13.8. The number of piperazine rings is 1. The van der Waals surface area contributed by atoms with Gasteiger partial charge in [-0.2, -0.15) is 0 Å². The molecule has 4 rings (SSSR count). The zero-order valence-electron chi connectivity index (χ0n) is 23.2. The molecule has 0 aromatic heterocycles. The maximum Gasteiger partial charge on any atom is 0.251 e. The average Bonchev–Trinajstić information content (AvgIpc) is 3.43. The summed E-state index contributed by atoms with van der Waals surface area (Å²) in [5.74, 6) is -0.350. The van der Waals surface area contributed by atoms with E-state index < -0.39 is 12.1 Å². The van der Waals surface area contributed by atoms with E-state index in [0.717, 1.165) is 44.8 Å². The van der Waals surface area contributed by atoms with Crippen molar-refractivity contribution in [2.45, 2.75) is 72.1 Å². The lowest BCUT2D eigenvalue weighted by molar-refractivity contribution is -0.138. The first kappa shape index (κ1) is 27.6. The van der Waals surface area contributed by atoms with E-state index in [1.54, 1.807) is 4.90 Å². The van der Waals surface area contributed by atoms with Gasteiger partial charge in [0.15, 0.2) is 5.78 Å². The quantitative estimate of drug-likeness (QED) is 0.577. The van der Waals surface area contributed by atoms with E-state index in [4.69, 9.17) is 4.74 Å². The number of carbonyl (C=O) groups excluding carboxylic acids is 3. The normalized spacial score (nSPS) is 25.3. The molecule has 0 bridgehead atoms. The molecule has 8 heteroatoms. The minimum atomic E-state index is -0.705. The molecule has 1 aromatic carbocycles. The largest absolute Gasteiger partial charge is 0.369 e. The van der Waals surface area contributed by atoms with Crippen LogP contribution in [0.4, 0.5) is 5.69 Å². The summed E-state index contributed by atoms with van der Waals surface area (Å²) >= 11 is 0. The number of Topliss-reactive ketones (excluding diaryl/α,β-unsaturated/α-hetero) is 1. The van der Waals surface area contributed by atoms with Crippen molar-refractivity contribution in [3.8, 4) is 0 Å². The summed E-state index contributed by atoms with van der Waals surface area (Å²) in [6, 6.07) is 6.44. The van der Waals surface area contributed by atoms with Crippen molar-refractivity contribution in [2.75, 3.05) is 50.8 Å². The molecule has 0 aliphatic carbocycles. The number of rotatable bonds is 8. The van der Waals surface area contributed by atoms with Crippen LogP contribution < -0.4 is 10.2 Å². The van der Waals surface area contributed by atoms with Gasteiger partial charge in [0.05, 0.1) is 6.10 Å².